The molecule has 0 spiro atoms. The van der Waals surface area contributed by atoms with Gasteiger partial charge in [-0.15, -0.1) is 0 Å². The summed E-state index contributed by atoms with van der Waals surface area (Å²) in [4.78, 5) is 2.63. The lowest BCUT2D eigenvalue weighted by molar-refractivity contribution is 0.222. The first-order valence-electron chi connectivity index (χ1n) is 8.91. The van der Waals surface area contributed by atoms with Gasteiger partial charge in [0.25, 0.3) is 0 Å². The summed E-state index contributed by atoms with van der Waals surface area (Å²) < 4.78 is 2.23. The molecule has 1 aliphatic rings. The van der Waals surface area contributed by atoms with Gasteiger partial charge in [0.05, 0.1) is 0 Å². The molecule has 0 radical (unpaired) electrons. The Morgan fingerprint density at radius 1 is 0.958 bits per heavy atom. The van der Waals surface area contributed by atoms with Gasteiger partial charge >= 0.3 is 0 Å². The first kappa shape index (κ1) is 18.2. The first-order valence-corrected chi connectivity index (χ1v) is 10.5. The molecule has 0 saturated carbocycles. The zero-order valence-electron chi connectivity index (χ0n) is 14.3. The van der Waals surface area contributed by atoms with E-state index in [0.29, 0.717) is 5.92 Å². The third kappa shape index (κ3) is 4.71. The fraction of sp³-hybridized carbons (Fsp3) is 0.429. The fourth-order valence-electron chi connectivity index (χ4n) is 3.44. The van der Waals surface area contributed by atoms with Crippen molar-refractivity contribution in [1.29, 1.82) is 0 Å². The lowest BCUT2D eigenvalue weighted by Crippen LogP contribution is -2.31. The van der Waals surface area contributed by atoms with Crippen molar-refractivity contribution in [3.05, 3.63) is 57.0 Å². The van der Waals surface area contributed by atoms with Crippen LogP contribution in [0.1, 0.15) is 44.1 Å². The Labute approximate surface area is 162 Å². The minimum absolute atomic E-state index is 0.620. The third-order valence-corrected chi connectivity index (χ3v) is 6.20. The largest absolute Gasteiger partial charge is 0.303 e. The molecule has 24 heavy (non-hydrogen) atoms. The molecule has 2 aromatic carbocycles. The second-order valence-electron chi connectivity index (χ2n) is 6.84. The Morgan fingerprint density at radius 2 is 1.67 bits per heavy atom. The van der Waals surface area contributed by atoms with E-state index in [4.69, 9.17) is 0 Å². The van der Waals surface area contributed by atoms with Gasteiger partial charge in [0.2, 0.25) is 0 Å². The Bertz CT molecular complexity index is 660. The molecular weight excluding hydrogens is 426 g/mol. The lowest BCUT2D eigenvalue weighted by Gasteiger charge is -2.27. The molecule has 128 valence electrons. The summed E-state index contributed by atoms with van der Waals surface area (Å²) in [5, 5.41) is 0. The molecule has 0 aliphatic carbocycles. The van der Waals surface area contributed by atoms with Crippen LogP contribution >= 0.6 is 31.9 Å². The summed E-state index contributed by atoms with van der Waals surface area (Å²) in [5.41, 5.74) is 3.95. The number of benzene rings is 2. The van der Waals surface area contributed by atoms with Crippen molar-refractivity contribution < 1.29 is 0 Å². The van der Waals surface area contributed by atoms with Crippen LogP contribution in [-0.2, 0) is 0 Å². The quantitative estimate of drug-likeness (QED) is 0.480. The monoisotopic (exact) mass is 449 g/mol. The summed E-state index contributed by atoms with van der Waals surface area (Å²) in [7, 11) is 0. The third-order valence-electron chi connectivity index (χ3n) is 5.05. The summed E-state index contributed by atoms with van der Waals surface area (Å²) in [6.45, 7) is 6.18. The van der Waals surface area contributed by atoms with Crippen LogP contribution in [0, 0.1) is 0 Å². The van der Waals surface area contributed by atoms with E-state index in [9.17, 15) is 0 Å². The maximum Gasteiger partial charge on any atom is 0.0264 e. The number of piperidine rings is 1. The van der Waals surface area contributed by atoms with Crippen LogP contribution in [0.3, 0.4) is 0 Å². The smallest absolute Gasteiger partial charge is 0.0264 e. The second kappa shape index (κ2) is 8.64. The van der Waals surface area contributed by atoms with Gasteiger partial charge < -0.3 is 4.90 Å². The van der Waals surface area contributed by atoms with Crippen molar-refractivity contribution in [3.63, 3.8) is 0 Å². The van der Waals surface area contributed by atoms with E-state index in [1.165, 1.54) is 62.0 Å². The summed E-state index contributed by atoms with van der Waals surface area (Å²) in [6.07, 6.45) is 5.43. The zero-order valence-corrected chi connectivity index (χ0v) is 17.4. The van der Waals surface area contributed by atoms with Gasteiger partial charge in [-0.05, 0) is 73.6 Å². The molecule has 3 rings (SSSR count). The van der Waals surface area contributed by atoms with Gasteiger partial charge in [-0.2, -0.15) is 0 Å². The van der Waals surface area contributed by atoms with Gasteiger partial charge in [-0.3, -0.25) is 0 Å². The van der Waals surface area contributed by atoms with E-state index < -0.39 is 0 Å². The summed E-state index contributed by atoms with van der Waals surface area (Å²) >= 11 is 7.18. The minimum Gasteiger partial charge on any atom is -0.303 e. The van der Waals surface area contributed by atoms with Gasteiger partial charge in [-0.25, -0.2) is 0 Å². The normalized spacial score (nSPS) is 17.0. The van der Waals surface area contributed by atoms with Crippen molar-refractivity contribution in [3.8, 4) is 11.1 Å². The van der Waals surface area contributed by atoms with E-state index in [1.54, 1.807) is 0 Å². The van der Waals surface area contributed by atoms with Crippen molar-refractivity contribution in [2.45, 2.75) is 38.5 Å². The van der Waals surface area contributed by atoms with E-state index in [-0.39, 0.29) is 0 Å². The van der Waals surface area contributed by atoms with Crippen LogP contribution in [0.2, 0.25) is 0 Å². The SMILES string of the molecule is CC(CCN1CCCCC1)c1ccc(-c2ccc(Br)cc2Br)cc1. The van der Waals surface area contributed by atoms with Gasteiger partial charge in [0.1, 0.15) is 0 Å². The maximum atomic E-state index is 3.66. The van der Waals surface area contributed by atoms with Crippen LogP contribution in [0.4, 0.5) is 0 Å². The van der Waals surface area contributed by atoms with E-state index in [2.05, 4.69) is 86.1 Å². The summed E-state index contributed by atoms with van der Waals surface area (Å²) in [6, 6.07) is 15.4. The Balaban J connectivity index is 1.62. The number of hydrogen-bond acceptors (Lipinski definition) is 1. The highest BCUT2D eigenvalue weighted by atomic mass is 79.9. The van der Waals surface area contributed by atoms with Gasteiger partial charge in [0.15, 0.2) is 0 Å². The van der Waals surface area contributed by atoms with E-state index in [0.717, 1.165) is 8.95 Å². The molecule has 1 aliphatic heterocycles. The van der Waals surface area contributed by atoms with Crippen molar-refractivity contribution in [2.75, 3.05) is 19.6 Å². The molecule has 1 heterocycles. The predicted molar refractivity (Wildman–Crippen MR) is 111 cm³/mol. The molecule has 0 aromatic heterocycles. The van der Waals surface area contributed by atoms with E-state index in [1.807, 2.05) is 0 Å². The van der Waals surface area contributed by atoms with Crippen LogP contribution in [0.5, 0.6) is 0 Å². The van der Waals surface area contributed by atoms with Crippen LogP contribution < -0.4 is 0 Å². The molecule has 1 atom stereocenters. The summed E-state index contributed by atoms with van der Waals surface area (Å²) in [5.74, 6) is 0.620. The Kier molecular flexibility index (Phi) is 6.54. The van der Waals surface area contributed by atoms with Crippen molar-refractivity contribution in [1.82, 2.24) is 4.90 Å². The molecule has 1 nitrogen and oxygen atoms in total. The first-order chi connectivity index (χ1) is 11.6. The molecule has 1 fully saturated rings. The predicted octanol–water partition coefficient (Wildman–Crippen LogP) is 6.86. The fourth-order valence-corrected chi connectivity index (χ4v) is 4.72. The number of rotatable bonds is 5. The molecular formula is C21H25Br2N. The highest BCUT2D eigenvalue weighted by molar-refractivity contribution is 9.11. The molecule has 0 bridgehead atoms. The Hall–Kier alpha value is -0.640. The topological polar surface area (TPSA) is 3.24 Å². The molecule has 0 amide bonds. The second-order valence-corrected chi connectivity index (χ2v) is 8.61. The van der Waals surface area contributed by atoms with Crippen LogP contribution in [-0.4, -0.2) is 24.5 Å². The number of halogens is 2. The molecule has 1 saturated heterocycles. The molecule has 0 N–H and O–H groups in total. The number of likely N-dealkylation sites (tertiary alicyclic amines) is 1. The highest BCUT2D eigenvalue weighted by Crippen LogP contribution is 2.32. The standard InChI is InChI=1S/C21H25Br2N/c1-16(11-14-24-12-3-2-4-13-24)17-5-7-18(8-6-17)20-10-9-19(22)15-21(20)23/h5-10,15-16H,2-4,11-14H2,1H3. The number of nitrogens with zero attached hydrogens (tertiary/aromatic N) is 1. The zero-order chi connectivity index (χ0) is 16.9. The van der Waals surface area contributed by atoms with Crippen LogP contribution in [0.15, 0.2) is 51.4 Å². The van der Waals surface area contributed by atoms with Crippen molar-refractivity contribution >= 4 is 31.9 Å². The molecule has 2 aromatic rings. The molecule has 3 heteroatoms. The van der Waals surface area contributed by atoms with Gasteiger partial charge in [-0.1, -0.05) is 75.5 Å². The maximum absolute atomic E-state index is 3.66. The van der Waals surface area contributed by atoms with Crippen LogP contribution in [0.25, 0.3) is 11.1 Å². The average Bonchev–Trinajstić information content (AvgIpc) is 2.61. The Morgan fingerprint density at radius 3 is 2.33 bits per heavy atom. The van der Waals surface area contributed by atoms with E-state index >= 15 is 0 Å². The highest BCUT2D eigenvalue weighted by Gasteiger charge is 2.13. The average molecular weight is 451 g/mol. The van der Waals surface area contributed by atoms with Gasteiger partial charge in [0, 0.05) is 8.95 Å². The van der Waals surface area contributed by atoms with Crippen molar-refractivity contribution in [2.24, 2.45) is 0 Å². The minimum atomic E-state index is 0.620. The number of hydrogen-bond donors (Lipinski definition) is 0. The molecule has 1 unspecified atom stereocenters. The lowest BCUT2D eigenvalue weighted by atomic mass is 9.95.